The zero-order valence-electron chi connectivity index (χ0n) is 8.93. The number of ether oxygens (including phenoxy) is 1. The first kappa shape index (κ1) is 11.7. The van der Waals surface area contributed by atoms with Crippen LogP contribution in [0, 0.1) is 6.92 Å². The Bertz CT molecular complexity index is 491. The van der Waals surface area contributed by atoms with E-state index < -0.39 is 17.8 Å². The van der Waals surface area contributed by atoms with Crippen LogP contribution in [0.15, 0.2) is 6.07 Å². The van der Waals surface area contributed by atoms with Gasteiger partial charge in [0.15, 0.2) is 0 Å². The zero-order valence-corrected chi connectivity index (χ0v) is 9.74. The molecule has 1 aliphatic heterocycles. The fraction of sp³-hybridized carbons (Fsp3) is 0.300. The Morgan fingerprint density at radius 2 is 2.00 bits per heavy atom. The van der Waals surface area contributed by atoms with E-state index in [1.54, 1.807) is 6.92 Å². The predicted molar refractivity (Wildman–Crippen MR) is 59.3 cm³/mol. The fourth-order valence-corrected chi connectivity index (χ4v) is 2.57. The molecular weight excluding hydrogens is 246 g/mol. The Morgan fingerprint density at radius 1 is 1.41 bits per heavy atom. The van der Waals surface area contributed by atoms with E-state index >= 15 is 0 Å². The highest BCUT2D eigenvalue weighted by atomic mass is 32.1. The first-order valence-corrected chi connectivity index (χ1v) is 5.59. The number of anilines is 1. The second kappa shape index (κ2) is 4.27. The van der Waals surface area contributed by atoms with Crippen LogP contribution in [0.4, 0.5) is 5.00 Å². The van der Waals surface area contributed by atoms with E-state index in [0.717, 1.165) is 21.1 Å². The van der Waals surface area contributed by atoms with Crippen LogP contribution in [0.3, 0.4) is 0 Å². The van der Waals surface area contributed by atoms with Gasteiger partial charge in [0, 0.05) is 4.88 Å². The van der Waals surface area contributed by atoms with Crippen LogP contribution in [0.5, 0.6) is 0 Å². The van der Waals surface area contributed by atoms with Crippen molar-refractivity contribution in [3.63, 3.8) is 0 Å². The van der Waals surface area contributed by atoms with Crippen molar-refractivity contribution in [2.45, 2.75) is 6.92 Å². The summed E-state index contributed by atoms with van der Waals surface area (Å²) in [4.78, 5) is 35.8. The Morgan fingerprint density at radius 3 is 2.53 bits per heavy atom. The zero-order chi connectivity index (χ0) is 12.6. The molecule has 0 bridgehead atoms. The summed E-state index contributed by atoms with van der Waals surface area (Å²) >= 11 is 1.10. The summed E-state index contributed by atoms with van der Waals surface area (Å²) < 4.78 is 4.77. The van der Waals surface area contributed by atoms with E-state index in [1.165, 1.54) is 6.07 Å². The lowest BCUT2D eigenvalue weighted by atomic mass is 10.2. The van der Waals surface area contributed by atoms with Gasteiger partial charge in [0.25, 0.3) is 11.8 Å². The minimum Gasteiger partial charge on any atom is -0.478 e. The van der Waals surface area contributed by atoms with Gasteiger partial charge in [-0.05, 0) is 13.0 Å². The van der Waals surface area contributed by atoms with Gasteiger partial charge < -0.3 is 9.84 Å². The van der Waals surface area contributed by atoms with Crippen molar-refractivity contribution in [1.82, 2.24) is 0 Å². The van der Waals surface area contributed by atoms with Crippen LogP contribution in [-0.2, 0) is 14.3 Å². The molecule has 7 heteroatoms. The van der Waals surface area contributed by atoms with Crippen molar-refractivity contribution in [3.8, 4) is 0 Å². The number of hydrogen-bond acceptors (Lipinski definition) is 5. The van der Waals surface area contributed by atoms with Crippen LogP contribution in [0.1, 0.15) is 15.2 Å². The summed E-state index contributed by atoms with van der Waals surface area (Å²) in [5.74, 6) is -2.23. The molecule has 2 amide bonds. The number of carbonyl (C=O) groups excluding carboxylic acids is 2. The Kier molecular flexibility index (Phi) is 2.95. The van der Waals surface area contributed by atoms with E-state index in [4.69, 9.17) is 9.84 Å². The molecule has 1 N–H and O–H groups in total. The number of carbonyl (C=O) groups is 3. The Balaban J connectivity index is 2.48. The molecule has 1 aromatic rings. The van der Waals surface area contributed by atoms with Crippen molar-refractivity contribution >= 4 is 34.1 Å². The molecule has 0 spiro atoms. The molecule has 1 aromatic heterocycles. The number of nitrogens with zero attached hydrogens (tertiary/aromatic N) is 1. The minimum atomic E-state index is -1.16. The van der Waals surface area contributed by atoms with Crippen molar-refractivity contribution in [2.24, 2.45) is 0 Å². The summed E-state index contributed by atoms with van der Waals surface area (Å²) in [5, 5.41) is 9.17. The maximum absolute atomic E-state index is 11.6. The van der Waals surface area contributed by atoms with Crippen LogP contribution in [0.2, 0.25) is 0 Å². The number of aryl methyl sites for hydroxylation is 1. The minimum absolute atomic E-state index is 0.0314. The maximum Gasteiger partial charge on any atom is 0.338 e. The Labute approximate surface area is 100 Å². The lowest BCUT2D eigenvalue weighted by Crippen LogP contribution is -2.46. The fourth-order valence-electron chi connectivity index (χ4n) is 1.54. The number of aromatic carboxylic acids is 1. The van der Waals surface area contributed by atoms with Gasteiger partial charge in [-0.15, -0.1) is 11.3 Å². The van der Waals surface area contributed by atoms with Crippen molar-refractivity contribution < 1.29 is 24.2 Å². The Hall–Kier alpha value is -1.73. The molecule has 2 heterocycles. The summed E-state index contributed by atoms with van der Waals surface area (Å²) in [7, 11) is 0. The number of amides is 2. The third-order valence-electron chi connectivity index (χ3n) is 2.22. The highest BCUT2D eigenvalue weighted by Gasteiger charge is 2.32. The van der Waals surface area contributed by atoms with Gasteiger partial charge in [0.1, 0.15) is 18.2 Å². The third kappa shape index (κ3) is 2.06. The molecule has 90 valence electrons. The lowest BCUT2D eigenvalue weighted by Gasteiger charge is -2.23. The third-order valence-corrected chi connectivity index (χ3v) is 3.25. The number of thiophene rings is 1. The molecule has 0 aromatic carbocycles. The molecule has 1 fully saturated rings. The largest absolute Gasteiger partial charge is 0.478 e. The van der Waals surface area contributed by atoms with E-state index in [-0.39, 0.29) is 23.8 Å². The van der Waals surface area contributed by atoms with E-state index in [2.05, 4.69) is 0 Å². The SMILES string of the molecule is Cc1cc(C(=O)O)c(N2C(=O)COCC2=O)s1. The first-order chi connectivity index (χ1) is 8.00. The molecule has 0 saturated carbocycles. The number of carboxylic acid groups (broad SMARTS) is 1. The standard InChI is InChI=1S/C10H9NO5S/c1-5-2-6(10(14)15)9(17-5)11-7(12)3-16-4-8(11)13/h2H,3-4H2,1H3,(H,14,15). The summed E-state index contributed by atoms with van der Waals surface area (Å²) in [6.07, 6.45) is 0. The van der Waals surface area contributed by atoms with Gasteiger partial charge in [-0.25, -0.2) is 9.69 Å². The van der Waals surface area contributed by atoms with E-state index in [1.807, 2.05) is 0 Å². The lowest BCUT2D eigenvalue weighted by molar-refractivity contribution is -0.138. The van der Waals surface area contributed by atoms with Crippen molar-refractivity contribution in [1.29, 1.82) is 0 Å². The monoisotopic (exact) mass is 255 g/mol. The molecule has 0 atom stereocenters. The van der Waals surface area contributed by atoms with Gasteiger partial charge in [0.05, 0.1) is 5.56 Å². The number of imide groups is 1. The van der Waals surface area contributed by atoms with Gasteiger partial charge >= 0.3 is 5.97 Å². The average Bonchev–Trinajstić information content (AvgIpc) is 2.60. The van der Waals surface area contributed by atoms with Gasteiger partial charge in [-0.1, -0.05) is 0 Å². The van der Waals surface area contributed by atoms with Crippen LogP contribution >= 0.6 is 11.3 Å². The van der Waals surface area contributed by atoms with Crippen LogP contribution < -0.4 is 4.90 Å². The highest BCUT2D eigenvalue weighted by Crippen LogP contribution is 2.32. The number of carboxylic acids is 1. The van der Waals surface area contributed by atoms with E-state index in [0.29, 0.717) is 0 Å². The number of morpholine rings is 1. The van der Waals surface area contributed by atoms with Crippen molar-refractivity contribution in [3.05, 3.63) is 16.5 Å². The summed E-state index contributed by atoms with van der Waals surface area (Å²) in [5.41, 5.74) is -0.0314. The normalized spacial score (nSPS) is 16.4. The van der Waals surface area contributed by atoms with Gasteiger partial charge in [0.2, 0.25) is 0 Å². The average molecular weight is 255 g/mol. The van der Waals surface area contributed by atoms with Crippen LogP contribution in [0.25, 0.3) is 0 Å². The summed E-state index contributed by atoms with van der Waals surface area (Å²) in [6.45, 7) is 1.31. The van der Waals surface area contributed by atoms with Gasteiger partial charge in [-0.3, -0.25) is 9.59 Å². The maximum atomic E-state index is 11.6. The number of rotatable bonds is 2. The molecule has 6 nitrogen and oxygen atoms in total. The molecule has 0 aliphatic carbocycles. The summed E-state index contributed by atoms with van der Waals surface area (Å²) in [6, 6.07) is 1.44. The molecule has 2 rings (SSSR count). The molecular formula is C10H9NO5S. The molecule has 17 heavy (non-hydrogen) atoms. The molecule has 0 unspecified atom stereocenters. The second-order valence-corrected chi connectivity index (χ2v) is 4.73. The highest BCUT2D eigenvalue weighted by molar-refractivity contribution is 7.17. The van der Waals surface area contributed by atoms with Gasteiger partial charge in [-0.2, -0.15) is 0 Å². The molecule has 1 saturated heterocycles. The van der Waals surface area contributed by atoms with Crippen molar-refractivity contribution in [2.75, 3.05) is 18.1 Å². The topological polar surface area (TPSA) is 83.9 Å². The second-order valence-electron chi connectivity index (χ2n) is 3.50. The smallest absolute Gasteiger partial charge is 0.338 e. The molecule has 1 aliphatic rings. The van der Waals surface area contributed by atoms with E-state index in [9.17, 15) is 14.4 Å². The molecule has 0 radical (unpaired) electrons. The quantitative estimate of drug-likeness (QED) is 0.784. The number of hydrogen-bond donors (Lipinski definition) is 1. The van der Waals surface area contributed by atoms with Crippen LogP contribution in [-0.4, -0.2) is 36.1 Å². The first-order valence-electron chi connectivity index (χ1n) is 4.78. The predicted octanol–water partition coefficient (Wildman–Crippen LogP) is 0.645.